The van der Waals surface area contributed by atoms with Gasteiger partial charge in [0.15, 0.2) is 5.13 Å². The fraction of sp³-hybridized carbons (Fsp3) is 0.571. The minimum absolute atomic E-state index is 0.685. The molecule has 0 spiro atoms. The van der Waals surface area contributed by atoms with Gasteiger partial charge in [0.2, 0.25) is 0 Å². The molecule has 3 nitrogen and oxygen atoms in total. The largest absolute Gasteiger partial charge is 0.361 e. The number of halogens is 1. The van der Waals surface area contributed by atoms with Gasteiger partial charge in [0.1, 0.15) is 4.60 Å². The molecule has 1 aromatic heterocycles. The lowest BCUT2D eigenvalue weighted by molar-refractivity contribution is 0.685. The van der Waals surface area contributed by atoms with Crippen LogP contribution in [0.15, 0.2) is 9.98 Å². The van der Waals surface area contributed by atoms with E-state index in [1.165, 1.54) is 0 Å². The summed E-state index contributed by atoms with van der Waals surface area (Å²) in [5, 5.41) is 6.01. The Bertz CT molecular complexity index is 290. The number of thiazole rings is 1. The summed E-state index contributed by atoms with van der Waals surface area (Å²) >= 11 is 4.84. The molecule has 1 unspecified atom stereocenters. The van der Waals surface area contributed by atoms with Gasteiger partial charge in [-0.2, -0.15) is 0 Å². The zero-order chi connectivity index (χ0) is 9.68. The van der Waals surface area contributed by atoms with Crippen molar-refractivity contribution in [3.63, 3.8) is 0 Å². The van der Waals surface area contributed by atoms with Gasteiger partial charge in [0, 0.05) is 34.7 Å². The standard InChI is InChI=1S/C7H11BrN2OS2/c1-13(11)4-2-3-9-7-10-6(8)5-12-7/h5H,2-4H2,1H3,(H,9,10). The van der Waals surface area contributed by atoms with E-state index in [0.717, 1.165) is 28.5 Å². The summed E-state index contributed by atoms with van der Waals surface area (Å²) in [6.07, 6.45) is 2.64. The average molecular weight is 283 g/mol. The molecule has 0 bridgehead atoms. The molecule has 74 valence electrons. The Labute approximate surface area is 92.5 Å². The molecule has 0 aliphatic heterocycles. The molecule has 0 aliphatic rings. The summed E-state index contributed by atoms with van der Waals surface area (Å²) in [4.78, 5) is 4.18. The van der Waals surface area contributed by atoms with Crippen LogP contribution in [0.4, 0.5) is 5.13 Å². The average Bonchev–Trinajstić information content (AvgIpc) is 2.45. The van der Waals surface area contributed by atoms with Crippen LogP contribution in [0.2, 0.25) is 0 Å². The number of nitrogens with one attached hydrogen (secondary N) is 1. The second-order valence-electron chi connectivity index (χ2n) is 2.53. The molecule has 1 rings (SSSR count). The maximum absolute atomic E-state index is 10.7. The molecule has 0 fully saturated rings. The molecule has 1 aromatic rings. The van der Waals surface area contributed by atoms with Crippen molar-refractivity contribution >= 4 is 43.2 Å². The van der Waals surface area contributed by atoms with Gasteiger partial charge in [-0.1, -0.05) is 0 Å². The molecular formula is C7H11BrN2OS2. The number of hydrogen-bond donors (Lipinski definition) is 1. The van der Waals surface area contributed by atoms with Crippen molar-refractivity contribution in [1.29, 1.82) is 0 Å². The van der Waals surface area contributed by atoms with E-state index in [0.29, 0.717) is 0 Å². The van der Waals surface area contributed by atoms with Gasteiger partial charge in [-0.25, -0.2) is 4.98 Å². The third-order valence-electron chi connectivity index (χ3n) is 1.36. The summed E-state index contributed by atoms with van der Waals surface area (Å²) in [6.45, 7) is 0.833. The SMILES string of the molecule is CS(=O)CCCNc1nc(Br)cs1. The summed E-state index contributed by atoms with van der Waals surface area (Å²) in [5.41, 5.74) is 0. The van der Waals surface area contributed by atoms with Crippen molar-refractivity contribution in [1.82, 2.24) is 4.98 Å². The normalized spacial score (nSPS) is 12.8. The molecule has 6 heteroatoms. The second-order valence-corrected chi connectivity index (χ2v) is 5.76. The lowest BCUT2D eigenvalue weighted by atomic mass is 10.5. The summed E-state index contributed by atoms with van der Waals surface area (Å²) < 4.78 is 11.6. The molecule has 0 aromatic carbocycles. The Morgan fingerprint density at radius 1 is 1.77 bits per heavy atom. The highest BCUT2D eigenvalue weighted by Gasteiger charge is 1.97. The fourth-order valence-electron chi connectivity index (χ4n) is 0.806. The quantitative estimate of drug-likeness (QED) is 0.841. The zero-order valence-corrected chi connectivity index (χ0v) is 10.5. The van der Waals surface area contributed by atoms with Crippen molar-refractivity contribution in [2.75, 3.05) is 23.9 Å². The first kappa shape index (κ1) is 11.1. The Morgan fingerprint density at radius 2 is 2.54 bits per heavy atom. The molecule has 1 N–H and O–H groups in total. The van der Waals surface area contributed by atoms with E-state index < -0.39 is 10.8 Å². The Kier molecular flexibility index (Phi) is 4.90. The first-order valence-electron chi connectivity index (χ1n) is 3.83. The van der Waals surface area contributed by atoms with Crippen molar-refractivity contribution in [2.45, 2.75) is 6.42 Å². The number of nitrogens with zero attached hydrogens (tertiary/aromatic N) is 1. The van der Waals surface area contributed by atoms with Crippen LogP contribution in [-0.4, -0.2) is 27.7 Å². The molecule has 0 radical (unpaired) electrons. The lowest BCUT2D eigenvalue weighted by Gasteiger charge is -1.99. The van der Waals surface area contributed by atoms with Gasteiger partial charge < -0.3 is 5.32 Å². The molecule has 1 heterocycles. The molecule has 0 amide bonds. The smallest absolute Gasteiger partial charge is 0.183 e. The first-order valence-corrected chi connectivity index (χ1v) is 7.23. The maximum atomic E-state index is 10.7. The highest BCUT2D eigenvalue weighted by Crippen LogP contribution is 2.18. The second kappa shape index (κ2) is 5.72. The van der Waals surface area contributed by atoms with Crippen LogP contribution in [0.5, 0.6) is 0 Å². The van der Waals surface area contributed by atoms with Gasteiger partial charge in [-0.05, 0) is 22.4 Å². The van der Waals surface area contributed by atoms with E-state index in [4.69, 9.17) is 0 Å². The zero-order valence-electron chi connectivity index (χ0n) is 7.25. The first-order chi connectivity index (χ1) is 6.18. The van der Waals surface area contributed by atoms with Crippen LogP contribution < -0.4 is 5.32 Å². The summed E-state index contributed by atoms with van der Waals surface area (Å²) in [7, 11) is -0.685. The minimum Gasteiger partial charge on any atom is -0.361 e. The van der Waals surface area contributed by atoms with Crippen molar-refractivity contribution in [2.24, 2.45) is 0 Å². The predicted octanol–water partition coefficient (Wildman–Crippen LogP) is 2.09. The number of hydrogen-bond acceptors (Lipinski definition) is 4. The molecule has 1 atom stereocenters. The Hall–Kier alpha value is 0.0600. The molecule has 0 saturated carbocycles. The van der Waals surface area contributed by atoms with Crippen LogP contribution in [0.3, 0.4) is 0 Å². The monoisotopic (exact) mass is 282 g/mol. The number of anilines is 1. The fourth-order valence-corrected chi connectivity index (χ4v) is 2.53. The topological polar surface area (TPSA) is 42.0 Å². The van der Waals surface area contributed by atoms with E-state index in [1.54, 1.807) is 17.6 Å². The molecular weight excluding hydrogens is 272 g/mol. The van der Waals surface area contributed by atoms with E-state index in [-0.39, 0.29) is 0 Å². The van der Waals surface area contributed by atoms with E-state index in [9.17, 15) is 4.21 Å². The summed E-state index contributed by atoms with van der Waals surface area (Å²) in [5.74, 6) is 0.750. The van der Waals surface area contributed by atoms with Gasteiger partial charge in [0.05, 0.1) is 0 Å². The number of aromatic nitrogens is 1. The van der Waals surface area contributed by atoms with Gasteiger partial charge in [-0.3, -0.25) is 4.21 Å². The third-order valence-corrected chi connectivity index (χ3v) is 3.73. The molecule has 0 saturated heterocycles. The van der Waals surface area contributed by atoms with Crippen LogP contribution in [0.1, 0.15) is 6.42 Å². The maximum Gasteiger partial charge on any atom is 0.183 e. The van der Waals surface area contributed by atoms with Crippen molar-refractivity contribution < 1.29 is 4.21 Å². The Balaban J connectivity index is 2.16. The van der Waals surface area contributed by atoms with Gasteiger partial charge >= 0.3 is 0 Å². The van der Waals surface area contributed by atoms with Crippen LogP contribution >= 0.6 is 27.3 Å². The predicted molar refractivity (Wildman–Crippen MR) is 61.9 cm³/mol. The Morgan fingerprint density at radius 3 is 3.08 bits per heavy atom. The molecule has 13 heavy (non-hydrogen) atoms. The van der Waals surface area contributed by atoms with E-state index in [2.05, 4.69) is 26.2 Å². The van der Waals surface area contributed by atoms with E-state index in [1.807, 2.05) is 5.38 Å². The highest BCUT2D eigenvalue weighted by atomic mass is 79.9. The van der Waals surface area contributed by atoms with Crippen LogP contribution in [0, 0.1) is 0 Å². The van der Waals surface area contributed by atoms with E-state index >= 15 is 0 Å². The molecule has 0 aliphatic carbocycles. The van der Waals surface area contributed by atoms with Gasteiger partial charge in [-0.15, -0.1) is 11.3 Å². The lowest BCUT2D eigenvalue weighted by Crippen LogP contribution is -2.05. The number of rotatable bonds is 5. The third kappa shape index (κ3) is 4.73. The van der Waals surface area contributed by atoms with Crippen LogP contribution in [-0.2, 0) is 10.8 Å². The van der Waals surface area contributed by atoms with Gasteiger partial charge in [0.25, 0.3) is 0 Å². The van der Waals surface area contributed by atoms with Crippen molar-refractivity contribution in [3.05, 3.63) is 9.98 Å². The highest BCUT2D eigenvalue weighted by molar-refractivity contribution is 9.10. The summed E-state index contributed by atoms with van der Waals surface area (Å²) in [6, 6.07) is 0. The minimum atomic E-state index is -0.685. The van der Waals surface area contributed by atoms with Crippen LogP contribution in [0.25, 0.3) is 0 Å². The van der Waals surface area contributed by atoms with Crippen molar-refractivity contribution in [3.8, 4) is 0 Å².